The normalized spacial score (nSPS) is 10.7. The quantitative estimate of drug-likeness (QED) is 0.685. The molecule has 0 heterocycles. The van der Waals surface area contributed by atoms with E-state index in [1.165, 1.54) is 0 Å². The third kappa shape index (κ3) is 7.53. The van der Waals surface area contributed by atoms with E-state index in [0.717, 1.165) is 17.1 Å². The van der Waals surface area contributed by atoms with Gasteiger partial charge in [-0.05, 0) is 17.4 Å². The second-order valence-corrected chi connectivity index (χ2v) is 5.40. The van der Waals surface area contributed by atoms with Gasteiger partial charge in [0.2, 0.25) is 5.91 Å². The van der Waals surface area contributed by atoms with Crippen molar-refractivity contribution in [3.05, 3.63) is 35.9 Å². The van der Waals surface area contributed by atoms with Gasteiger partial charge in [0.05, 0.1) is 0 Å². The number of benzene rings is 1. The molecule has 0 unspecified atom stereocenters. The average Bonchev–Trinajstić information content (AvgIpc) is 2.45. The first-order valence-corrected chi connectivity index (χ1v) is 7.71. The molecule has 0 aliphatic carbocycles. The lowest BCUT2D eigenvalue weighted by molar-refractivity contribution is -0.143. The van der Waals surface area contributed by atoms with Gasteiger partial charge in [-0.1, -0.05) is 37.3 Å². The first kappa shape index (κ1) is 17.3. The van der Waals surface area contributed by atoms with Crippen LogP contribution in [-0.4, -0.2) is 41.7 Å². The van der Waals surface area contributed by atoms with Crippen molar-refractivity contribution < 1.29 is 19.4 Å². The Kier molecular flexibility index (Phi) is 8.23. The summed E-state index contributed by atoms with van der Waals surface area (Å²) in [7, 11) is 0. The molecule has 0 bridgehead atoms. The maximum atomic E-state index is 11.7. The number of rotatable bonds is 9. The van der Waals surface area contributed by atoms with Crippen molar-refractivity contribution in [2.45, 2.75) is 6.92 Å². The van der Waals surface area contributed by atoms with E-state index in [4.69, 9.17) is 9.84 Å². The van der Waals surface area contributed by atoms with Crippen LogP contribution in [0.3, 0.4) is 0 Å². The lowest BCUT2D eigenvalue weighted by Gasteiger charge is -2.08. The Hall–Kier alpha value is -1.79. The zero-order valence-electron chi connectivity index (χ0n) is 11.9. The Labute approximate surface area is 128 Å². The maximum Gasteiger partial charge on any atom is 0.329 e. The molecule has 2 N–H and O–H groups in total. The molecule has 0 radical (unpaired) electrons. The van der Waals surface area contributed by atoms with E-state index in [2.05, 4.69) is 12.2 Å². The fraction of sp³-hybridized carbons (Fsp3) is 0.333. The molecule has 6 heteroatoms. The topological polar surface area (TPSA) is 75.6 Å². The summed E-state index contributed by atoms with van der Waals surface area (Å²) >= 11 is 1.81. The third-order valence-electron chi connectivity index (χ3n) is 2.41. The van der Waals surface area contributed by atoms with Crippen LogP contribution in [0.25, 0.3) is 6.08 Å². The molecule has 1 amide bonds. The zero-order chi connectivity index (χ0) is 15.5. The van der Waals surface area contributed by atoms with Crippen LogP contribution in [-0.2, 0) is 14.3 Å². The molecule has 21 heavy (non-hydrogen) atoms. The smallest absolute Gasteiger partial charge is 0.329 e. The van der Waals surface area contributed by atoms with Crippen LogP contribution in [0, 0.1) is 0 Å². The number of carbonyl (C=O) groups excluding carboxylic acids is 1. The van der Waals surface area contributed by atoms with E-state index in [9.17, 15) is 9.59 Å². The van der Waals surface area contributed by atoms with Crippen LogP contribution in [0.1, 0.15) is 12.5 Å². The molecule has 5 nitrogen and oxygen atoms in total. The first-order valence-electron chi connectivity index (χ1n) is 6.56. The van der Waals surface area contributed by atoms with Crippen molar-refractivity contribution in [2.24, 2.45) is 0 Å². The molecule has 114 valence electrons. The van der Waals surface area contributed by atoms with Crippen LogP contribution in [0.4, 0.5) is 5.69 Å². The van der Waals surface area contributed by atoms with Gasteiger partial charge < -0.3 is 15.2 Å². The Morgan fingerprint density at radius 3 is 2.81 bits per heavy atom. The number of ether oxygens (including phenoxy) is 1. The third-order valence-corrected chi connectivity index (χ3v) is 3.25. The predicted molar refractivity (Wildman–Crippen MR) is 85.6 cm³/mol. The Balaban J connectivity index is 2.55. The van der Waals surface area contributed by atoms with Crippen LogP contribution < -0.4 is 5.32 Å². The van der Waals surface area contributed by atoms with Crippen molar-refractivity contribution >= 4 is 35.4 Å². The highest BCUT2D eigenvalue weighted by atomic mass is 32.2. The van der Waals surface area contributed by atoms with Gasteiger partial charge in [0.15, 0.2) is 0 Å². The van der Waals surface area contributed by atoms with Crippen molar-refractivity contribution in [2.75, 3.05) is 30.0 Å². The molecule has 0 saturated carbocycles. The number of carbonyl (C=O) groups is 2. The minimum absolute atomic E-state index is 0.282. The summed E-state index contributed by atoms with van der Waals surface area (Å²) in [5.74, 6) is 0.504. The lowest BCUT2D eigenvalue weighted by Crippen LogP contribution is -2.21. The van der Waals surface area contributed by atoms with Crippen LogP contribution >= 0.6 is 11.8 Å². The molecule has 0 atom stereocenters. The van der Waals surface area contributed by atoms with Crippen molar-refractivity contribution in [3.63, 3.8) is 0 Å². The van der Waals surface area contributed by atoms with Crippen molar-refractivity contribution in [1.29, 1.82) is 0 Å². The number of hydrogen-bond donors (Lipinski definition) is 2. The number of hydrogen-bond acceptors (Lipinski definition) is 4. The SMILES string of the molecule is CCSCC=Cc1ccccc1NC(=O)COCC(=O)O. The Morgan fingerprint density at radius 1 is 1.33 bits per heavy atom. The molecule has 0 aliphatic heterocycles. The number of carboxylic acid groups (broad SMARTS) is 1. The zero-order valence-corrected chi connectivity index (χ0v) is 12.7. The van der Waals surface area contributed by atoms with E-state index < -0.39 is 12.6 Å². The van der Waals surface area contributed by atoms with Gasteiger partial charge in [0, 0.05) is 11.4 Å². The summed E-state index contributed by atoms with van der Waals surface area (Å²) in [5, 5.41) is 11.1. The van der Waals surface area contributed by atoms with E-state index in [0.29, 0.717) is 5.69 Å². The lowest BCUT2D eigenvalue weighted by atomic mass is 10.1. The van der Waals surface area contributed by atoms with E-state index >= 15 is 0 Å². The first-order chi connectivity index (χ1) is 10.1. The van der Waals surface area contributed by atoms with Gasteiger partial charge in [-0.25, -0.2) is 4.79 Å². The van der Waals surface area contributed by atoms with Crippen LogP contribution in [0.2, 0.25) is 0 Å². The summed E-state index contributed by atoms with van der Waals surface area (Å²) in [6, 6.07) is 7.41. The Bertz CT molecular complexity index is 502. The number of aliphatic carboxylic acids is 1. The minimum Gasteiger partial charge on any atom is -0.480 e. The number of thioether (sulfide) groups is 1. The van der Waals surface area contributed by atoms with Gasteiger partial charge in [-0.3, -0.25) is 4.79 Å². The minimum atomic E-state index is -1.10. The summed E-state index contributed by atoms with van der Waals surface area (Å²) in [5.41, 5.74) is 1.58. The standard InChI is InChI=1S/C15H19NO4S/c1-2-21-9-5-7-12-6-3-4-8-13(12)16-14(17)10-20-11-15(18)19/h3-8H,2,9-11H2,1H3,(H,16,17)(H,18,19). The molecular formula is C15H19NO4S. The predicted octanol–water partition coefficient (Wildman–Crippen LogP) is 2.49. The number of anilines is 1. The van der Waals surface area contributed by atoms with Crippen LogP contribution in [0.5, 0.6) is 0 Å². The monoisotopic (exact) mass is 309 g/mol. The van der Waals surface area contributed by atoms with Crippen LogP contribution in [0.15, 0.2) is 30.3 Å². The summed E-state index contributed by atoms with van der Waals surface area (Å²) in [6.07, 6.45) is 4.00. The van der Waals surface area contributed by atoms with Gasteiger partial charge in [-0.2, -0.15) is 11.8 Å². The highest BCUT2D eigenvalue weighted by Crippen LogP contribution is 2.17. The molecule has 0 aromatic heterocycles. The van der Waals surface area contributed by atoms with E-state index in [1.807, 2.05) is 42.1 Å². The van der Waals surface area contributed by atoms with Crippen molar-refractivity contribution in [3.8, 4) is 0 Å². The number of nitrogens with one attached hydrogen (secondary N) is 1. The molecular weight excluding hydrogens is 290 g/mol. The fourth-order valence-electron chi connectivity index (χ4n) is 1.53. The van der Waals surface area contributed by atoms with Gasteiger partial charge in [-0.15, -0.1) is 0 Å². The summed E-state index contributed by atoms with van der Waals surface area (Å²) in [4.78, 5) is 22.0. The highest BCUT2D eigenvalue weighted by Gasteiger charge is 2.06. The fourth-order valence-corrected chi connectivity index (χ4v) is 2.00. The number of carboxylic acids is 1. The highest BCUT2D eigenvalue weighted by molar-refractivity contribution is 7.99. The van der Waals surface area contributed by atoms with Crippen molar-refractivity contribution in [1.82, 2.24) is 0 Å². The van der Waals surface area contributed by atoms with E-state index in [-0.39, 0.29) is 12.5 Å². The molecule has 0 saturated heterocycles. The molecule has 1 aromatic carbocycles. The van der Waals surface area contributed by atoms with E-state index in [1.54, 1.807) is 6.07 Å². The second kappa shape index (κ2) is 10.0. The molecule has 0 spiro atoms. The number of amides is 1. The van der Waals surface area contributed by atoms with Gasteiger partial charge in [0.1, 0.15) is 13.2 Å². The molecule has 0 fully saturated rings. The molecule has 1 rings (SSSR count). The Morgan fingerprint density at radius 2 is 2.10 bits per heavy atom. The maximum absolute atomic E-state index is 11.7. The van der Waals surface area contributed by atoms with Gasteiger partial charge >= 0.3 is 5.97 Å². The molecule has 0 aliphatic rings. The molecule has 1 aromatic rings. The number of para-hydroxylation sites is 1. The summed E-state index contributed by atoms with van der Waals surface area (Å²) in [6.45, 7) is 1.34. The van der Waals surface area contributed by atoms with Gasteiger partial charge in [0.25, 0.3) is 0 Å². The largest absolute Gasteiger partial charge is 0.480 e. The average molecular weight is 309 g/mol. The second-order valence-electron chi connectivity index (χ2n) is 4.08. The summed E-state index contributed by atoms with van der Waals surface area (Å²) < 4.78 is 4.75.